The molecule has 0 aliphatic heterocycles. The van der Waals surface area contributed by atoms with Crippen molar-refractivity contribution in [2.45, 2.75) is 19.8 Å². The first-order chi connectivity index (χ1) is 12.0. The second-order valence-electron chi connectivity index (χ2n) is 5.99. The molecule has 3 rings (SSSR count). The van der Waals surface area contributed by atoms with Crippen LogP contribution in [0.25, 0.3) is 23.0 Å². The lowest BCUT2D eigenvalue weighted by molar-refractivity contribution is 0.628. The highest BCUT2D eigenvalue weighted by molar-refractivity contribution is 9.28. The monoisotopic (exact) mass is 462 g/mol. The third-order valence-electron chi connectivity index (χ3n) is 3.88. The second kappa shape index (κ2) is 7.67. The van der Waals surface area contributed by atoms with Gasteiger partial charge in [-0.1, -0.05) is 32.0 Å². The summed E-state index contributed by atoms with van der Waals surface area (Å²) in [6.45, 7) is 4.29. The van der Waals surface area contributed by atoms with E-state index in [0.29, 0.717) is 0 Å². The first kappa shape index (κ1) is 18.1. The van der Waals surface area contributed by atoms with Gasteiger partial charge in [-0.05, 0) is 80.3 Å². The lowest BCUT2D eigenvalue weighted by Gasteiger charge is -2.11. The van der Waals surface area contributed by atoms with E-state index in [1.54, 1.807) is 12.1 Å². The van der Waals surface area contributed by atoms with Crippen LogP contribution in [0.3, 0.4) is 0 Å². The van der Waals surface area contributed by atoms with E-state index in [1.165, 1.54) is 12.1 Å². The van der Waals surface area contributed by atoms with Crippen LogP contribution in [-0.4, -0.2) is 9.78 Å². The Hall–Kier alpha value is -1.72. The van der Waals surface area contributed by atoms with E-state index in [1.807, 2.05) is 41.1 Å². The smallest absolute Gasteiger partial charge is 0.123 e. The van der Waals surface area contributed by atoms with Crippen LogP contribution in [-0.2, 0) is 0 Å². The van der Waals surface area contributed by atoms with Crippen molar-refractivity contribution in [2.75, 3.05) is 0 Å². The molecule has 0 bridgehead atoms. The van der Waals surface area contributed by atoms with Crippen molar-refractivity contribution in [3.63, 3.8) is 0 Å². The van der Waals surface area contributed by atoms with Gasteiger partial charge in [0.2, 0.25) is 0 Å². The molecule has 2 nitrogen and oxygen atoms in total. The molecule has 1 aromatic heterocycles. The molecule has 0 unspecified atom stereocenters. The molecule has 0 fully saturated rings. The van der Waals surface area contributed by atoms with Gasteiger partial charge in [0.25, 0.3) is 0 Å². The molecule has 2 aromatic carbocycles. The van der Waals surface area contributed by atoms with Crippen molar-refractivity contribution in [3.8, 4) is 16.9 Å². The molecule has 0 atom stereocenters. The Labute approximate surface area is 163 Å². The number of benzene rings is 2. The molecule has 0 saturated heterocycles. The number of aromatic nitrogens is 2. The number of hydrogen-bond donors (Lipinski definition) is 0. The fourth-order valence-electron chi connectivity index (χ4n) is 2.84. The average molecular weight is 464 g/mol. The Morgan fingerprint density at radius 3 is 2.24 bits per heavy atom. The van der Waals surface area contributed by atoms with Crippen molar-refractivity contribution in [1.82, 2.24) is 9.78 Å². The minimum Gasteiger partial charge on any atom is -0.236 e. The molecule has 0 radical (unpaired) electrons. The topological polar surface area (TPSA) is 17.8 Å². The Morgan fingerprint density at radius 1 is 1.04 bits per heavy atom. The van der Waals surface area contributed by atoms with Crippen molar-refractivity contribution in [1.29, 1.82) is 0 Å². The third-order valence-corrected chi connectivity index (χ3v) is 4.34. The number of hydrogen-bond acceptors (Lipinski definition) is 1. The van der Waals surface area contributed by atoms with Crippen LogP contribution in [0.5, 0.6) is 0 Å². The van der Waals surface area contributed by atoms with Gasteiger partial charge in [0.15, 0.2) is 0 Å². The van der Waals surface area contributed by atoms with Crippen LogP contribution in [0.15, 0.2) is 58.0 Å². The summed E-state index contributed by atoms with van der Waals surface area (Å²) in [5.41, 5.74) is 4.81. The van der Waals surface area contributed by atoms with Gasteiger partial charge in [-0.15, -0.1) is 0 Å². The van der Waals surface area contributed by atoms with Gasteiger partial charge in [0.1, 0.15) is 11.5 Å². The van der Waals surface area contributed by atoms with Gasteiger partial charge in [0, 0.05) is 11.1 Å². The molecule has 128 valence electrons. The summed E-state index contributed by atoms with van der Waals surface area (Å²) in [5.74, 6) is 0.00148. The van der Waals surface area contributed by atoms with Gasteiger partial charge in [-0.3, -0.25) is 0 Å². The Balaban J connectivity index is 2.30. The van der Waals surface area contributed by atoms with Crippen LogP contribution < -0.4 is 0 Å². The van der Waals surface area contributed by atoms with E-state index in [0.717, 1.165) is 31.6 Å². The van der Waals surface area contributed by atoms with E-state index in [9.17, 15) is 4.39 Å². The van der Waals surface area contributed by atoms with Crippen molar-refractivity contribution in [2.24, 2.45) is 0 Å². The number of nitrogens with zero attached hydrogens (tertiary/aromatic N) is 2. The molecule has 0 saturated carbocycles. The summed E-state index contributed by atoms with van der Waals surface area (Å²) in [4.78, 5) is 0. The zero-order valence-electron chi connectivity index (χ0n) is 13.9. The molecule has 25 heavy (non-hydrogen) atoms. The highest BCUT2D eigenvalue weighted by Crippen LogP contribution is 2.35. The van der Waals surface area contributed by atoms with Crippen LogP contribution in [0.4, 0.5) is 4.39 Å². The molecule has 0 aliphatic carbocycles. The van der Waals surface area contributed by atoms with Crippen molar-refractivity contribution >= 4 is 37.9 Å². The quantitative estimate of drug-likeness (QED) is 0.411. The van der Waals surface area contributed by atoms with Crippen molar-refractivity contribution < 1.29 is 4.39 Å². The molecule has 0 amide bonds. The minimum absolute atomic E-state index is 0.255. The van der Waals surface area contributed by atoms with Gasteiger partial charge in [-0.2, -0.15) is 5.10 Å². The SMILES string of the molecule is CC(C)c1c(C=C(Br)Br)c(-c2ccc(F)cc2)nn1-c1ccccc1. The fraction of sp³-hybridized carbons (Fsp3) is 0.150. The predicted octanol–water partition coefficient (Wildman–Crippen LogP) is 6.89. The molecular formula is C20H17Br2FN2. The standard InChI is InChI=1S/C20H17Br2FN2/c1-13(2)20-17(12-18(21)22)19(14-8-10-15(23)11-9-14)24-25(20)16-6-4-3-5-7-16/h3-13H,1-2H3. The molecule has 3 aromatic rings. The number of halogens is 3. The van der Waals surface area contributed by atoms with E-state index in [4.69, 9.17) is 5.10 Å². The number of rotatable bonds is 4. The minimum atomic E-state index is -0.255. The molecule has 0 spiro atoms. The Bertz CT molecular complexity index is 893. The van der Waals surface area contributed by atoms with E-state index in [-0.39, 0.29) is 11.7 Å². The van der Waals surface area contributed by atoms with Crippen LogP contribution in [0.2, 0.25) is 0 Å². The van der Waals surface area contributed by atoms with Crippen LogP contribution >= 0.6 is 31.9 Å². The maximum absolute atomic E-state index is 13.3. The molecule has 5 heteroatoms. The van der Waals surface area contributed by atoms with E-state index >= 15 is 0 Å². The summed E-state index contributed by atoms with van der Waals surface area (Å²) in [7, 11) is 0. The number of para-hydroxylation sites is 1. The van der Waals surface area contributed by atoms with Crippen LogP contribution in [0.1, 0.15) is 31.0 Å². The predicted molar refractivity (Wildman–Crippen MR) is 109 cm³/mol. The largest absolute Gasteiger partial charge is 0.236 e. The first-order valence-corrected chi connectivity index (χ1v) is 9.53. The summed E-state index contributed by atoms with van der Waals surface area (Å²) >= 11 is 6.92. The van der Waals surface area contributed by atoms with Gasteiger partial charge >= 0.3 is 0 Å². The fourth-order valence-corrected chi connectivity index (χ4v) is 3.29. The maximum atomic E-state index is 13.3. The average Bonchev–Trinajstić information content (AvgIpc) is 2.95. The molecule has 0 aliphatic rings. The highest BCUT2D eigenvalue weighted by Gasteiger charge is 2.21. The molecule has 0 N–H and O–H groups in total. The zero-order valence-corrected chi connectivity index (χ0v) is 17.1. The Morgan fingerprint density at radius 2 is 1.68 bits per heavy atom. The lowest BCUT2D eigenvalue weighted by Crippen LogP contribution is -2.04. The van der Waals surface area contributed by atoms with E-state index in [2.05, 4.69) is 45.7 Å². The zero-order chi connectivity index (χ0) is 18.0. The van der Waals surface area contributed by atoms with Gasteiger partial charge < -0.3 is 0 Å². The lowest BCUT2D eigenvalue weighted by atomic mass is 10.00. The van der Waals surface area contributed by atoms with Crippen LogP contribution in [0, 0.1) is 5.82 Å². The molecular weight excluding hydrogens is 447 g/mol. The van der Waals surface area contributed by atoms with E-state index < -0.39 is 0 Å². The Kier molecular flexibility index (Phi) is 5.54. The third kappa shape index (κ3) is 3.93. The second-order valence-corrected chi connectivity index (χ2v) is 8.76. The first-order valence-electron chi connectivity index (χ1n) is 7.94. The summed E-state index contributed by atoms with van der Waals surface area (Å²) in [6.07, 6.45) is 2.00. The van der Waals surface area contributed by atoms with Gasteiger partial charge in [-0.25, -0.2) is 9.07 Å². The summed E-state index contributed by atoms with van der Waals surface area (Å²) in [5, 5.41) is 4.86. The normalized spacial score (nSPS) is 11.0. The van der Waals surface area contributed by atoms with Crippen molar-refractivity contribution in [3.05, 3.63) is 75.1 Å². The molecule has 1 heterocycles. The maximum Gasteiger partial charge on any atom is 0.123 e. The summed E-state index contributed by atoms with van der Waals surface area (Å²) < 4.78 is 16.1. The summed E-state index contributed by atoms with van der Waals surface area (Å²) in [6, 6.07) is 16.5. The van der Waals surface area contributed by atoms with Gasteiger partial charge in [0.05, 0.1) is 14.8 Å². The highest BCUT2D eigenvalue weighted by atomic mass is 79.9.